The van der Waals surface area contributed by atoms with Crippen LogP contribution in [0.25, 0.3) is 16.9 Å². The molecule has 31 heavy (non-hydrogen) atoms. The van der Waals surface area contributed by atoms with Gasteiger partial charge in [-0.3, -0.25) is 4.79 Å². The molecule has 1 amide bonds. The molecule has 2 aromatic heterocycles. The first-order valence-electron chi connectivity index (χ1n) is 10.1. The molecule has 4 aromatic rings. The summed E-state index contributed by atoms with van der Waals surface area (Å²) in [5.74, 6) is 1.45. The van der Waals surface area contributed by atoms with Crippen LogP contribution in [-0.4, -0.2) is 49.0 Å². The number of amides is 1. The molecule has 1 aliphatic heterocycles. The van der Waals surface area contributed by atoms with Crippen LogP contribution in [0.5, 0.6) is 5.75 Å². The topological polar surface area (TPSA) is 78.1 Å². The number of ether oxygens (including phenoxy) is 1. The SMILES string of the molecule is COc1ccc(-c2cc(C(=O)N3CCn4cnnc4C3C)nn2-c2ccccc2)cc1. The molecule has 3 heterocycles. The van der Waals surface area contributed by atoms with Crippen molar-refractivity contribution < 1.29 is 9.53 Å². The molecule has 0 radical (unpaired) electrons. The fourth-order valence-corrected chi connectivity index (χ4v) is 3.95. The maximum Gasteiger partial charge on any atom is 0.275 e. The zero-order valence-electron chi connectivity index (χ0n) is 17.3. The van der Waals surface area contributed by atoms with Crippen molar-refractivity contribution in [3.63, 3.8) is 0 Å². The van der Waals surface area contributed by atoms with Crippen molar-refractivity contribution in [2.24, 2.45) is 0 Å². The number of nitrogens with zero attached hydrogens (tertiary/aromatic N) is 6. The fourth-order valence-electron chi connectivity index (χ4n) is 3.95. The number of methoxy groups -OCH3 is 1. The Morgan fingerprint density at radius 2 is 1.84 bits per heavy atom. The molecule has 0 bridgehead atoms. The minimum Gasteiger partial charge on any atom is -0.497 e. The predicted octanol–water partition coefficient (Wildman–Crippen LogP) is 3.36. The van der Waals surface area contributed by atoms with Gasteiger partial charge < -0.3 is 14.2 Å². The van der Waals surface area contributed by atoms with Gasteiger partial charge in [0, 0.05) is 18.7 Å². The highest BCUT2D eigenvalue weighted by atomic mass is 16.5. The summed E-state index contributed by atoms with van der Waals surface area (Å²) in [7, 11) is 1.64. The second kappa shape index (κ2) is 7.71. The maximum atomic E-state index is 13.4. The van der Waals surface area contributed by atoms with E-state index in [9.17, 15) is 4.79 Å². The molecule has 8 heteroatoms. The van der Waals surface area contributed by atoms with Crippen molar-refractivity contribution >= 4 is 5.91 Å². The average molecular weight is 414 g/mol. The third kappa shape index (κ3) is 3.35. The second-order valence-electron chi connectivity index (χ2n) is 7.45. The summed E-state index contributed by atoms with van der Waals surface area (Å²) >= 11 is 0. The predicted molar refractivity (Wildman–Crippen MR) is 115 cm³/mol. The molecule has 5 rings (SSSR count). The van der Waals surface area contributed by atoms with Crippen molar-refractivity contribution in [2.45, 2.75) is 19.5 Å². The van der Waals surface area contributed by atoms with Crippen molar-refractivity contribution in [3.05, 3.63) is 78.5 Å². The fraction of sp³-hybridized carbons (Fsp3) is 0.217. The van der Waals surface area contributed by atoms with Crippen molar-refractivity contribution in [2.75, 3.05) is 13.7 Å². The van der Waals surface area contributed by atoms with E-state index in [4.69, 9.17) is 9.84 Å². The summed E-state index contributed by atoms with van der Waals surface area (Å²) in [6.07, 6.45) is 1.71. The van der Waals surface area contributed by atoms with E-state index in [1.54, 1.807) is 18.3 Å². The highest BCUT2D eigenvalue weighted by Gasteiger charge is 2.31. The van der Waals surface area contributed by atoms with E-state index in [-0.39, 0.29) is 11.9 Å². The number of hydrogen-bond donors (Lipinski definition) is 0. The summed E-state index contributed by atoms with van der Waals surface area (Å²) < 4.78 is 9.08. The number of carbonyl (C=O) groups is 1. The normalized spacial score (nSPS) is 15.5. The lowest BCUT2D eigenvalue weighted by Crippen LogP contribution is -2.41. The number of rotatable bonds is 4. The molecule has 0 fully saturated rings. The Morgan fingerprint density at radius 3 is 2.58 bits per heavy atom. The largest absolute Gasteiger partial charge is 0.497 e. The number of para-hydroxylation sites is 1. The van der Waals surface area contributed by atoms with Crippen LogP contribution < -0.4 is 4.74 Å². The standard InChI is InChI=1S/C23H22N6O2/c1-16-22-25-24-15-27(22)12-13-28(16)23(30)20-14-21(17-8-10-19(31-2)11-9-17)29(26-20)18-6-4-3-5-7-18/h3-11,14-16H,12-13H2,1-2H3. The zero-order chi connectivity index (χ0) is 21.4. The Labute approximate surface area is 179 Å². The summed E-state index contributed by atoms with van der Waals surface area (Å²) in [6.45, 7) is 3.22. The third-order valence-electron chi connectivity index (χ3n) is 5.64. The second-order valence-corrected chi connectivity index (χ2v) is 7.45. The lowest BCUT2D eigenvalue weighted by atomic mass is 10.1. The highest BCUT2D eigenvalue weighted by molar-refractivity contribution is 5.94. The lowest BCUT2D eigenvalue weighted by Gasteiger charge is -2.32. The van der Waals surface area contributed by atoms with Gasteiger partial charge in [0.25, 0.3) is 5.91 Å². The van der Waals surface area contributed by atoms with Gasteiger partial charge in [0.15, 0.2) is 11.5 Å². The Morgan fingerprint density at radius 1 is 1.06 bits per heavy atom. The zero-order valence-corrected chi connectivity index (χ0v) is 17.3. The molecule has 2 aromatic carbocycles. The Bertz CT molecular complexity index is 1210. The first-order valence-corrected chi connectivity index (χ1v) is 10.1. The van der Waals surface area contributed by atoms with Crippen LogP contribution in [0.1, 0.15) is 29.3 Å². The van der Waals surface area contributed by atoms with Crippen molar-refractivity contribution in [1.29, 1.82) is 0 Å². The molecule has 0 spiro atoms. The van der Waals surface area contributed by atoms with Gasteiger partial charge in [0.1, 0.15) is 12.1 Å². The van der Waals surface area contributed by atoms with Gasteiger partial charge in [0.2, 0.25) is 0 Å². The van der Waals surface area contributed by atoms with Crippen LogP contribution in [0.2, 0.25) is 0 Å². The van der Waals surface area contributed by atoms with Crippen LogP contribution in [0.4, 0.5) is 0 Å². The molecule has 8 nitrogen and oxygen atoms in total. The Balaban J connectivity index is 1.55. The summed E-state index contributed by atoms with van der Waals surface area (Å²) in [4.78, 5) is 15.2. The van der Waals surface area contributed by atoms with Crippen LogP contribution in [-0.2, 0) is 6.54 Å². The molecular weight excluding hydrogens is 392 g/mol. The number of aromatic nitrogens is 5. The monoisotopic (exact) mass is 414 g/mol. The molecule has 0 saturated carbocycles. The van der Waals surface area contributed by atoms with Gasteiger partial charge in [-0.1, -0.05) is 18.2 Å². The Hall–Kier alpha value is -3.94. The quantitative estimate of drug-likeness (QED) is 0.512. The van der Waals surface area contributed by atoms with Gasteiger partial charge in [0.05, 0.1) is 24.5 Å². The Kier molecular flexibility index (Phi) is 4.74. The van der Waals surface area contributed by atoms with E-state index < -0.39 is 0 Å². The minimum absolute atomic E-state index is 0.119. The van der Waals surface area contributed by atoms with E-state index in [1.165, 1.54) is 0 Å². The van der Waals surface area contributed by atoms with Crippen LogP contribution in [0, 0.1) is 0 Å². The number of benzene rings is 2. The third-order valence-corrected chi connectivity index (χ3v) is 5.64. The smallest absolute Gasteiger partial charge is 0.275 e. The van der Waals surface area contributed by atoms with Crippen LogP contribution >= 0.6 is 0 Å². The van der Waals surface area contributed by atoms with Gasteiger partial charge in [-0.15, -0.1) is 10.2 Å². The average Bonchev–Trinajstić information content (AvgIpc) is 3.48. The maximum absolute atomic E-state index is 13.4. The van der Waals surface area contributed by atoms with Crippen LogP contribution in [0.3, 0.4) is 0 Å². The minimum atomic E-state index is -0.171. The lowest BCUT2D eigenvalue weighted by molar-refractivity contribution is 0.0631. The molecular formula is C23H22N6O2. The van der Waals surface area contributed by atoms with Gasteiger partial charge >= 0.3 is 0 Å². The summed E-state index contributed by atoms with van der Waals surface area (Å²) in [6, 6.07) is 19.2. The molecule has 0 aliphatic carbocycles. The summed E-state index contributed by atoms with van der Waals surface area (Å²) in [5.41, 5.74) is 3.07. The molecule has 0 N–H and O–H groups in total. The number of hydrogen-bond acceptors (Lipinski definition) is 5. The van der Waals surface area contributed by atoms with E-state index in [0.717, 1.165) is 28.5 Å². The van der Waals surface area contributed by atoms with Crippen LogP contribution in [0.15, 0.2) is 67.0 Å². The van der Waals surface area contributed by atoms with E-state index in [2.05, 4.69) is 10.2 Å². The molecule has 1 aliphatic rings. The highest BCUT2D eigenvalue weighted by Crippen LogP contribution is 2.29. The molecule has 1 unspecified atom stereocenters. The van der Waals surface area contributed by atoms with Crippen molar-refractivity contribution in [3.8, 4) is 22.7 Å². The van der Waals surface area contributed by atoms with Gasteiger partial charge in [-0.2, -0.15) is 5.10 Å². The van der Waals surface area contributed by atoms with Crippen molar-refractivity contribution in [1.82, 2.24) is 29.4 Å². The number of carbonyl (C=O) groups excluding carboxylic acids is 1. The number of fused-ring (bicyclic) bond motifs is 1. The summed E-state index contributed by atoms with van der Waals surface area (Å²) in [5, 5.41) is 12.9. The molecule has 1 atom stereocenters. The van der Waals surface area contributed by atoms with Gasteiger partial charge in [-0.25, -0.2) is 4.68 Å². The van der Waals surface area contributed by atoms with E-state index in [1.807, 2.05) is 76.8 Å². The van der Waals surface area contributed by atoms with Gasteiger partial charge in [-0.05, 0) is 49.4 Å². The van der Waals surface area contributed by atoms with E-state index >= 15 is 0 Å². The van der Waals surface area contributed by atoms with E-state index in [0.29, 0.717) is 18.8 Å². The molecule has 156 valence electrons. The molecule has 0 saturated heterocycles. The first-order chi connectivity index (χ1) is 15.2. The first kappa shape index (κ1) is 19.0.